The first-order chi connectivity index (χ1) is 36.6. The quantitative estimate of drug-likeness (QED) is 0.0172. The van der Waals surface area contributed by atoms with Gasteiger partial charge in [0.05, 0.1) is 26.4 Å². The minimum absolute atomic E-state index is 0.0390. The van der Waals surface area contributed by atoms with Gasteiger partial charge in [-0.2, -0.15) is 0 Å². The van der Waals surface area contributed by atoms with Crippen LogP contribution in [0.25, 0.3) is 0 Å². The molecule has 0 aliphatic carbocycles. The summed E-state index contributed by atoms with van der Waals surface area (Å²) in [4.78, 5) is 13.1. The van der Waals surface area contributed by atoms with Gasteiger partial charge in [0.1, 0.15) is 54.9 Å². The summed E-state index contributed by atoms with van der Waals surface area (Å²) in [5, 5.41) is 72.3. The van der Waals surface area contributed by atoms with Crippen molar-refractivity contribution in [2.24, 2.45) is 0 Å². The van der Waals surface area contributed by atoms with Gasteiger partial charge < -0.3 is 64.2 Å². The molecule has 0 saturated carbocycles. The van der Waals surface area contributed by atoms with Crippen molar-refractivity contribution < 1.29 is 69.0 Å². The topological polar surface area (TPSA) is 214 Å². The number of carbonyl (C=O) groups is 1. The van der Waals surface area contributed by atoms with Gasteiger partial charge in [0, 0.05) is 13.0 Å². The molecule has 2 rings (SSSR count). The van der Waals surface area contributed by atoms with E-state index in [9.17, 15) is 40.5 Å². The van der Waals surface area contributed by atoms with Gasteiger partial charge in [-0.3, -0.25) is 4.79 Å². The molecular weight excluding hydrogens is 957 g/mol. The van der Waals surface area contributed by atoms with E-state index in [0.29, 0.717) is 13.0 Å². The van der Waals surface area contributed by atoms with Crippen molar-refractivity contribution in [1.29, 1.82) is 0 Å². The normalized spacial score (nSPS) is 25.0. The molecule has 2 fully saturated rings. The monoisotopic (exact) mass is 1060 g/mol. The fourth-order valence-electron chi connectivity index (χ4n) is 9.21. The Morgan fingerprint density at radius 3 is 1.37 bits per heavy atom. The highest BCUT2D eigenvalue weighted by atomic mass is 16.7. The number of allylic oxidation sites excluding steroid dienone is 10. The first-order valence-corrected chi connectivity index (χ1v) is 29.9. The van der Waals surface area contributed by atoms with Crippen LogP contribution in [0.2, 0.25) is 0 Å². The van der Waals surface area contributed by atoms with Crippen LogP contribution in [0.4, 0.5) is 0 Å². The number of esters is 1. The second-order valence-corrected chi connectivity index (χ2v) is 20.8. The molecule has 0 aromatic rings. The number of carbonyl (C=O) groups excluding carboxylic acids is 1. The molecule has 11 atom stereocenters. The molecule has 2 aliphatic heterocycles. The van der Waals surface area contributed by atoms with Gasteiger partial charge in [-0.05, 0) is 77.0 Å². The number of rotatable bonds is 48. The maximum Gasteiger partial charge on any atom is 0.306 e. The Balaban J connectivity index is 1.69. The molecule has 11 unspecified atom stereocenters. The van der Waals surface area contributed by atoms with E-state index in [1.54, 1.807) is 0 Å². The number of unbranched alkanes of at least 4 members (excludes halogenated alkanes) is 24. The predicted octanol–water partition coefficient (Wildman–Crippen LogP) is 10.9. The Hall–Kier alpha value is -2.31. The second kappa shape index (κ2) is 47.7. The molecule has 14 heteroatoms. The van der Waals surface area contributed by atoms with Crippen molar-refractivity contribution >= 4 is 5.97 Å². The zero-order valence-electron chi connectivity index (χ0n) is 46.8. The highest BCUT2D eigenvalue weighted by Crippen LogP contribution is 2.27. The minimum Gasteiger partial charge on any atom is -0.457 e. The summed E-state index contributed by atoms with van der Waals surface area (Å²) in [6.45, 7) is 3.51. The van der Waals surface area contributed by atoms with Crippen molar-refractivity contribution in [2.45, 2.75) is 287 Å². The largest absolute Gasteiger partial charge is 0.457 e. The van der Waals surface area contributed by atoms with Crippen molar-refractivity contribution in [3.05, 3.63) is 60.8 Å². The molecule has 0 aromatic heterocycles. The lowest BCUT2D eigenvalue weighted by atomic mass is 9.98. The van der Waals surface area contributed by atoms with Gasteiger partial charge >= 0.3 is 5.97 Å². The molecule has 0 radical (unpaired) electrons. The van der Waals surface area contributed by atoms with Gasteiger partial charge in [0.15, 0.2) is 12.6 Å². The van der Waals surface area contributed by atoms with Crippen LogP contribution < -0.4 is 0 Å². The summed E-state index contributed by atoms with van der Waals surface area (Å²) in [5.74, 6) is -0.387. The second-order valence-electron chi connectivity index (χ2n) is 20.8. The SMILES string of the molecule is CC/C=C\C/C=C\C/C=C\C/C=C\CCCCCOCC(COC1OC(COC2OC(CO)C(O)C(O)C2O)C(O)C(O)C1O)OC(=O)CCCCCCCCCCCCCCC/C=C\CCCCCCCCCC. The fraction of sp³-hybridized carbons (Fsp3) is 0.820. The van der Waals surface area contributed by atoms with Gasteiger partial charge in [-0.1, -0.05) is 197 Å². The molecule has 2 heterocycles. The molecule has 436 valence electrons. The third kappa shape index (κ3) is 34.3. The van der Waals surface area contributed by atoms with Crippen LogP contribution in [0.5, 0.6) is 0 Å². The van der Waals surface area contributed by atoms with Crippen LogP contribution in [0, 0.1) is 0 Å². The summed E-state index contributed by atoms with van der Waals surface area (Å²) < 4.78 is 34.4. The van der Waals surface area contributed by atoms with Crippen LogP contribution in [0.1, 0.15) is 219 Å². The summed E-state index contributed by atoms with van der Waals surface area (Å²) in [5.41, 5.74) is 0. The lowest BCUT2D eigenvalue weighted by Gasteiger charge is -2.42. The van der Waals surface area contributed by atoms with E-state index >= 15 is 0 Å². The van der Waals surface area contributed by atoms with Crippen molar-refractivity contribution in [2.75, 3.05) is 33.0 Å². The molecule has 7 N–H and O–H groups in total. The number of aliphatic hydroxyl groups is 7. The smallest absolute Gasteiger partial charge is 0.306 e. The Morgan fingerprint density at radius 1 is 0.453 bits per heavy atom. The predicted molar refractivity (Wildman–Crippen MR) is 298 cm³/mol. The lowest BCUT2D eigenvalue weighted by molar-refractivity contribution is -0.332. The van der Waals surface area contributed by atoms with Crippen LogP contribution in [-0.4, -0.2) is 142 Å². The molecule has 0 spiro atoms. The van der Waals surface area contributed by atoms with Gasteiger partial charge in [0.25, 0.3) is 0 Å². The molecule has 2 aliphatic rings. The third-order valence-electron chi connectivity index (χ3n) is 14.0. The van der Waals surface area contributed by atoms with Crippen molar-refractivity contribution in [3.63, 3.8) is 0 Å². The molecule has 75 heavy (non-hydrogen) atoms. The van der Waals surface area contributed by atoms with Gasteiger partial charge in [-0.15, -0.1) is 0 Å². The Kier molecular flexibility index (Phi) is 43.7. The Morgan fingerprint density at radius 2 is 0.867 bits per heavy atom. The van der Waals surface area contributed by atoms with E-state index in [2.05, 4.69) is 74.6 Å². The van der Waals surface area contributed by atoms with E-state index in [1.807, 2.05) is 0 Å². The first kappa shape index (κ1) is 68.8. The summed E-state index contributed by atoms with van der Waals surface area (Å²) >= 11 is 0. The average Bonchev–Trinajstić information content (AvgIpc) is 3.41. The molecule has 0 aromatic carbocycles. The molecular formula is C61H108O14. The zero-order chi connectivity index (χ0) is 54.4. The standard InChI is InChI=1S/C61H108O14/c1-3-5-7-9-11-13-15-17-19-21-22-23-24-25-26-27-28-29-30-32-34-36-38-40-42-44-53(63)73-50(47-70-45-43-41-39-37-35-33-31-20-18-16-14-12-10-8-6-4-2)48-71-60-59(69)57(67)55(65)52(75-60)49-72-61-58(68)56(66)54(64)51(46-62)74-61/h6,8,12,14,18,20-22,33,35,50-52,54-62,64-69H,3-5,7,9-11,13,15-17,19,23-32,34,36-49H2,1-2H3/b8-6-,14-12-,20-18-,22-21-,35-33-. The van der Waals surface area contributed by atoms with Crippen LogP contribution in [-0.2, 0) is 33.2 Å². The van der Waals surface area contributed by atoms with E-state index in [-0.39, 0.29) is 25.6 Å². The van der Waals surface area contributed by atoms with Crippen LogP contribution >= 0.6 is 0 Å². The van der Waals surface area contributed by atoms with E-state index in [4.69, 9.17) is 28.4 Å². The van der Waals surface area contributed by atoms with Gasteiger partial charge in [0.2, 0.25) is 0 Å². The fourth-order valence-corrected chi connectivity index (χ4v) is 9.21. The lowest BCUT2D eigenvalue weighted by Crippen LogP contribution is -2.61. The molecule has 0 bridgehead atoms. The van der Waals surface area contributed by atoms with Crippen molar-refractivity contribution in [3.8, 4) is 0 Å². The maximum absolute atomic E-state index is 13.1. The third-order valence-corrected chi connectivity index (χ3v) is 14.0. The number of hydrogen-bond acceptors (Lipinski definition) is 14. The molecule has 0 amide bonds. The molecule has 2 saturated heterocycles. The summed E-state index contributed by atoms with van der Waals surface area (Å²) in [6.07, 6.45) is 42.9. The molecule has 14 nitrogen and oxygen atoms in total. The number of ether oxygens (including phenoxy) is 6. The zero-order valence-corrected chi connectivity index (χ0v) is 46.8. The van der Waals surface area contributed by atoms with Gasteiger partial charge in [-0.25, -0.2) is 0 Å². The summed E-state index contributed by atoms with van der Waals surface area (Å²) in [7, 11) is 0. The van der Waals surface area contributed by atoms with Crippen molar-refractivity contribution in [1.82, 2.24) is 0 Å². The van der Waals surface area contributed by atoms with E-state index in [0.717, 1.165) is 70.6 Å². The number of hydrogen-bond donors (Lipinski definition) is 7. The first-order valence-electron chi connectivity index (χ1n) is 29.9. The van der Waals surface area contributed by atoms with Crippen LogP contribution in [0.3, 0.4) is 0 Å². The highest BCUT2D eigenvalue weighted by Gasteiger charge is 2.47. The Bertz CT molecular complexity index is 1470. The minimum atomic E-state index is -1.71. The van der Waals surface area contributed by atoms with Crippen LogP contribution in [0.15, 0.2) is 60.8 Å². The maximum atomic E-state index is 13.1. The van der Waals surface area contributed by atoms with E-state index in [1.165, 1.54) is 122 Å². The average molecular weight is 1070 g/mol. The Labute approximate surface area is 454 Å². The number of aliphatic hydroxyl groups excluding tert-OH is 7. The highest BCUT2D eigenvalue weighted by molar-refractivity contribution is 5.69. The summed E-state index contributed by atoms with van der Waals surface area (Å²) in [6, 6.07) is 0. The van der Waals surface area contributed by atoms with E-state index < -0.39 is 80.7 Å².